The first-order chi connectivity index (χ1) is 6.38. The molecular formula is C11H21ClOSi. The Morgan fingerprint density at radius 3 is 2.14 bits per heavy atom. The number of rotatable bonds is 3. The van der Waals surface area contributed by atoms with Crippen molar-refractivity contribution in [1.82, 2.24) is 0 Å². The van der Waals surface area contributed by atoms with Crippen molar-refractivity contribution >= 4 is 19.9 Å². The molecule has 1 aliphatic rings. The van der Waals surface area contributed by atoms with E-state index in [1.165, 1.54) is 0 Å². The molecule has 0 saturated heterocycles. The van der Waals surface area contributed by atoms with Gasteiger partial charge in [0, 0.05) is 11.3 Å². The molecule has 0 bridgehead atoms. The molecule has 3 heteroatoms. The minimum Gasteiger partial charge on any atom is -0.548 e. The van der Waals surface area contributed by atoms with Gasteiger partial charge < -0.3 is 4.43 Å². The van der Waals surface area contributed by atoms with E-state index in [1.54, 1.807) is 0 Å². The molecule has 1 aliphatic carbocycles. The minimum atomic E-state index is -1.45. The average Bonchev–Trinajstić information content (AvgIpc) is 2.02. The highest BCUT2D eigenvalue weighted by molar-refractivity contribution is 6.70. The van der Waals surface area contributed by atoms with Gasteiger partial charge in [-0.05, 0) is 45.3 Å². The fourth-order valence-corrected chi connectivity index (χ4v) is 3.06. The van der Waals surface area contributed by atoms with Crippen molar-refractivity contribution in [1.29, 1.82) is 0 Å². The first-order valence-corrected chi connectivity index (χ1v) is 9.25. The van der Waals surface area contributed by atoms with Crippen molar-refractivity contribution in [2.45, 2.75) is 50.7 Å². The van der Waals surface area contributed by atoms with Crippen LogP contribution in [0.3, 0.4) is 0 Å². The number of halogens is 1. The predicted molar refractivity (Wildman–Crippen MR) is 65.2 cm³/mol. The van der Waals surface area contributed by atoms with Gasteiger partial charge in [0.2, 0.25) is 8.32 Å². The van der Waals surface area contributed by atoms with Crippen molar-refractivity contribution in [3.8, 4) is 0 Å². The second-order valence-electron chi connectivity index (χ2n) is 5.13. The Balaban J connectivity index is 2.38. The Morgan fingerprint density at radius 1 is 1.21 bits per heavy atom. The molecule has 82 valence electrons. The number of alkyl halides is 1. The molecule has 0 aromatic rings. The molecular weight excluding hydrogens is 212 g/mol. The van der Waals surface area contributed by atoms with Crippen LogP contribution in [0.25, 0.3) is 0 Å². The van der Waals surface area contributed by atoms with Gasteiger partial charge in [0.15, 0.2) is 0 Å². The number of allylic oxidation sites excluding steroid dienone is 1. The molecule has 0 aliphatic heterocycles. The van der Waals surface area contributed by atoms with E-state index in [4.69, 9.17) is 16.0 Å². The summed E-state index contributed by atoms with van der Waals surface area (Å²) in [5, 5.41) is 0.380. The van der Waals surface area contributed by atoms with E-state index < -0.39 is 8.32 Å². The first-order valence-electron chi connectivity index (χ1n) is 5.40. The van der Waals surface area contributed by atoms with E-state index in [9.17, 15) is 0 Å². The van der Waals surface area contributed by atoms with Gasteiger partial charge >= 0.3 is 0 Å². The SMILES string of the molecule is C=C(O[Si](C)(C)C)C1CCC(Cl)CC1. The fourth-order valence-electron chi connectivity index (χ4n) is 1.85. The van der Waals surface area contributed by atoms with Gasteiger partial charge in [0.25, 0.3) is 0 Å². The Labute approximate surface area is 93.6 Å². The maximum absolute atomic E-state index is 6.06. The monoisotopic (exact) mass is 232 g/mol. The van der Waals surface area contributed by atoms with Gasteiger partial charge in [0.05, 0.1) is 5.76 Å². The highest BCUT2D eigenvalue weighted by atomic mass is 35.5. The molecule has 0 amide bonds. The molecule has 1 fully saturated rings. The normalized spacial score (nSPS) is 28.6. The lowest BCUT2D eigenvalue weighted by atomic mass is 9.88. The summed E-state index contributed by atoms with van der Waals surface area (Å²) in [5.41, 5.74) is 0. The van der Waals surface area contributed by atoms with Crippen LogP contribution in [-0.2, 0) is 4.43 Å². The van der Waals surface area contributed by atoms with E-state index in [0.29, 0.717) is 11.3 Å². The lowest BCUT2D eigenvalue weighted by Gasteiger charge is -2.30. The molecule has 0 unspecified atom stereocenters. The van der Waals surface area contributed by atoms with Gasteiger partial charge in [-0.25, -0.2) is 0 Å². The first kappa shape index (κ1) is 12.1. The second-order valence-corrected chi connectivity index (χ2v) is 10.2. The van der Waals surface area contributed by atoms with Gasteiger partial charge in [-0.15, -0.1) is 11.6 Å². The van der Waals surface area contributed by atoms with E-state index in [-0.39, 0.29) is 0 Å². The van der Waals surface area contributed by atoms with Gasteiger partial charge in [-0.2, -0.15) is 0 Å². The quantitative estimate of drug-likeness (QED) is 0.404. The van der Waals surface area contributed by atoms with Crippen molar-refractivity contribution in [2.75, 3.05) is 0 Å². The minimum absolute atomic E-state index is 0.380. The van der Waals surface area contributed by atoms with E-state index in [0.717, 1.165) is 31.4 Å². The Morgan fingerprint density at radius 2 is 1.71 bits per heavy atom. The fraction of sp³-hybridized carbons (Fsp3) is 0.818. The molecule has 0 atom stereocenters. The molecule has 0 aromatic heterocycles. The lowest BCUT2D eigenvalue weighted by Crippen LogP contribution is -2.28. The van der Waals surface area contributed by atoms with E-state index in [2.05, 4.69) is 26.2 Å². The largest absolute Gasteiger partial charge is 0.548 e. The van der Waals surface area contributed by atoms with Crippen molar-refractivity contribution in [2.24, 2.45) is 5.92 Å². The molecule has 1 rings (SSSR count). The average molecular weight is 233 g/mol. The summed E-state index contributed by atoms with van der Waals surface area (Å²) in [5.74, 6) is 1.56. The zero-order valence-electron chi connectivity index (χ0n) is 9.48. The molecule has 0 N–H and O–H groups in total. The van der Waals surface area contributed by atoms with Crippen LogP contribution in [0, 0.1) is 5.92 Å². The molecule has 0 radical (unpaired) electrons. The van der Waals surface area contributed by atoms with Gasteiger partial charge in [-0.3, -0.25) is 0 Å². The standard InChI is InChI=1S/C11H21ClOSi/c1-9(13-14(2,3)4)10-5-7-11(12)8-6-10/h10-11H,1,5-8H2,2-4H3. The maximum atomic E-state index is 6.06. The Bertz CT molecular complexity index is 202. The van der Waals surface area contributed by atoms with Crippen LogP contribution >= 0.6 is 11.6 Å². The van der Waals surface area contributed by atoms with Crippen molar-refractivity contribution in [3.63, 3.8) is 0 Å². The summed E-state index contributed by atoms with van der Waals surface area (Å²) in [6, 6.07) is 0. The molecule has 0 heterocycles. The summed E-state index contributed by atoms with van der Waals surface area (Å²) in [4.78, 5) is 0. The van der Waals surface area contributed by atoms with Crippen LogP contribution in [0.1, 0.15) is 25.7 Å². The summed E-state index contributed by atoms with van der Waals surface area (Å²) < 4.78 is 5.91. The number of hydrogen-bond donors (Lipinski definition) is 0. The van der Waals surface area contributed by atoms with Crippen LogP contribution < -0.4 is 0 Å². The topological polar surface area (TPSA) is 9.23 Å². The van der Waals surface area contributed by atoms with Crippen LogP contribution in [0.2, 0.25) is 19.6 Å². The van der Waals surface area contributed by atoms with Crippen molar-refractivity contribution < 1.29 is 4.43 Å². The zero-order valence-corrected chi connectivity index (χ0v) is 11.2. The van der Waals surface area contributed by atoms with Crippen molar-refractivity contribution in [3.05, 3.63) is 12.3 Å². The molecule has 0 aromatic carbocycles. The highest BCUT2D eigenvalue weighted by Gasteiger charge is 2.25. The Kier molecular flexibility index (Phi) is 4.08. The molecule has 14 heavy (non-hydrogen) atoms. The van der Waals surface area contributed by atoms with Crippen LogP contribution in [0.5, 0.6) is 0 Å². The predicted octanol–water partition coefficient (Wildman–Crippen LogP) is 4.15. The number of hydrogen-bond acceptors (Lipinski definition) is 1. The summed E-state index contributed by atoms with van der Waals surface area (Å²) >= 11 is 6.06. The third-order valence-corrected chi connectivity index (χ3v) is 3.86. The second kappa shape index (κ2) is 4.71. The molecule has 0 spiro atoms. The van der Waals surface area contributed by atoms with Gasteiger partial charge in [0.1, 0.15) is 0 Å². The van der Waals surface area contributed by atoms with Crippen LogP contribution in [0.4, 0.5) is 0 Å². The van der Waals surface area contributed by atoms with Gasteiger partial charge in [-0.1, -0.05) is 6.58 Å². The molecule has 1 saturated carbocycles. The Hall–Kier alpha value is 0.0469. The van der Waals surface area contributed by atoms with Crippen LogP contribution in [-0.4, -0.2) is 13.7 Å². The lowest BCUT2D eigenvalue weighted by molar-refractivity contribution is 0.289. The summed E-state index contributed by atoms with van der Waals surface area (Å²) in [7, 11) is -1.45. The highest BCUT2D eigenvalue weighted by Crippen LogP contribution is 2.33. The van der Waals surface area contributed by atoms with Crippen LogP contribution in [0.15, 0.2) is 12.3 Å². The maximum Gasteiger partial charge on any atom is 0.241 e. The smallest absolute Gasteiger partial charge is 0.241 e. The third-order valence-electron chi connectivity index (χ3n) is 2.55. The summed E-state index contributed by atoms with van der Waals surface area (Å²) in [6.07, 6.45) is 4.52. The third kappa shape index (κ3) is 4.05. The molecule has 1 nitrogen and oxygen atoms in total. The summed E-state index contributed by atoms with van der Waals surface area (Å²) in [6.45, 7) is 10.7. The zero-order chi connectivity index (χ0) is 10.8. The van der Waals surface area contributed by atoms with E-state index in [1.807, 2.05) is 0 Å². The van der Waals surface area contributed by atoms with E-state index >= 15 is 0 Å².